The SMILES string of the molecule is NC(N)=C/C=C(\N)c1cccnc1C(F)(F)F.[B]C([B])(C1CC2(CC2)CO1)N1CC2CCCC2C1. The number of ether oxygens (including phenoxy) is 1. The van der Waals surface area contributed by atoms with Gasteiger partial charge in [-0.3, -0.25) is 4.98 Å². The summed E-state index contributed by atoms with van der Waals surface area (Å²) in [6, 6.07) is 2.59. The number of allylic oxidation sites excluding steroid dienone is 2. The highest BCUT2D eigenvalue weighted by Crippen LogP contribution is 2.55. The van der Waals surface area contributed by atoms with E-state index in [2.05, 4.69) is 9.88 Å². The molecule has 0 aromatic carbocycles. The van der Waals surface area contributed by atoms with Crippen LogP contribution in [0.25, 0.3) is 5.70 Å². The summed E-state index contributed by atoms with van der Waals surface area (Å²) in [7, 11) is 12.9. The number of alkyl halides is 3. The van der Waals surface area contributed by atoms with Crippen molar-refractivity contribution in [3.05, 3.63) is 47.6 Å². The number of nitrogens with two attached hydrogens (primary N) is 3. The van der Waals surface area contributed by atoms with Gasteiger partial charge in [0, 0.05) is 30.5 Å². The van der Waals surface area contributed by atoms with Gasteiger partial charge in [0.1, 0.15) is 0 Å². The van der Waals surface area contributed by atoms with E-state index in [-0.39, 0.29) is 23.2 Å². The fourth-order valence-corrected chi connectivity index (χ4v) is 5.51. The van der Waals surface area contributed by atoms with Gasteiger partial charge in [-0.15, -0.1) is 0 Å². The third kappa shape index (κ3) is 5.82. The summed E-state index contributed by atoms with van der Waals surface area (Å²) < 4.78 is 43.7. The molecule has 3 unspecified atom stereocenters. The van der Waals surface area contributed by atoms with E-state index in [1.54, 1.807) is 0 Å². The van der Waals surface area contributed by atoms with Crippen molar-refractivity contribution in [2.75, 3.05) is 19.7 Å². The Morgan fingerprint density at radius 2 is 1.77 bits per heavy atom. The van der Waals surface area contributed by atoms with Crippen LogP contribution in [-0.4, -0.2) is 56.7 Å². The highest BCUT2D eigenvalue weighted by molar-refractivity contribution is 6.40. The summed E-state index contributed by atoms with van der Waals surface area (Å²) in [6.45, 7) is 3.06. The standard InChI is InChI=1S/C14H21B2NO.C10H11F3N4/c15-14(16,12-6-13(4-5-13)9-18-12)17-7-10-2-1-3-11(10)8-17;11-10(12,13)9-6(2-1-5-17-9)7(14)3-4-8(15)16/h10-12H,1-9H2;1-5H,14-16H2/b;7-3-. The molecule has 2 saturated heterocycles. The average molecular weight is 485 g/mol. The Kier molecular flexibility index (Phi) is 7.21. The molecule has 1 aromatic rings. The monoisotopic (exact) mass is 485 g/mol. The fourth-order valence-electron chi connectivity index (χ4n) is 5.51. The van der Waals surface area contributed by atoms with E-state index in [0.29, 0.717) is 5.41 Å². The third-order valence-electron chi connectivity index (χ3n) is 7.80. The molecule has 3 atom stereocenters. The second kappa shape index (κ2) is 9.73. The number of fused-ring (bicyclic) bond motifs is 1. The van der Waals surface area contributed by atoms with Crippen molar-refractivity contribution < 1.29 is 17.9 Å². The van der Waals surface area contributed by atoms with Crippen molar-refractivity contribution in [1.82, 2.24) is 9.88 Å². The fraction of sp³-hybridized carbons (Fsp3) is 0.625. The molecule has 4 radical (unpaired) electrons. The van der Waals surface area contributed by atoms with E-state index < -0.39 is 17.2 Å². The molecule has 2 saturated carbocycles. The molecule has 6 N–H and O–H groups in total. The summed E-state index contributed by atoms with van der Waals surface area (Å²) in [6.07, 6.45) is 6.76. The summed E-state index contributed by atoms with van der Waals surface area (Å²) in [5, 5.41) is -0.740. The normalized spacial score (nSPS) is 27.9. The number of hydrogen-bond acceptors (Lipinski definition) is 6. The van der Waals surface area contributed by atoms with Gasteiger partial charge in [0.05, 0.1) is 34.2 Å². The van der Waals surface area contributed by atoms with Crippen molar-refractivity contribution in [2.45, 2.75) is 56.1 Å². The second-order valence-electron chi connectivity index (χ2n) is 10.4. The highest BCUT2D eigenvalue weighted by Gasteiger charge is 2.54. The largest absolute Gasteiger partial charge is 0.434 e. The lowest BCUT2D eigenvalue weighted by atomic mass is 9.56. The van der Waals surface area contributed by atoms with E-state index in [9.17, 15) is 13.2 Å². The number of nitrogens with zero attached hydrogens (tertiary/aromatic N) is 2. The van der Waals surface area contributed by atoms with Gasteiger partial charge < -0.3 is 26.8 Å². The van der Waals surface area contributed by atoms with Crippen LogP contribution in [0.3, 0.4) is 0 Å². The van der Waals surface area contributed by atoms with Crippen molar-refractivity contribution in [3.8, 4) is 0 Å². The first kappa shape index (κ1) is 25.9. The zero-order chi connectivity index (χ0) is 25.4. The van der Waals surface area contributed by atoms with Gasteiger partial charge in [-0.05, 0) is 79.0 Å². The number of rotatable bonds is 4. The van der Waals surface area contributed by atoms with Crippen LogP contribution in [0.4, 0.5) is 13.2 Å². The van der Waals surface area contributed by atoms with Gasteiger partial charge in [-0.1, -0.05) is 6.42 Å². The van der Waals surface area contributed by atoms with Gasteiger partial charge >= 0.3 is 6.18 Å². The van der Waals surface area contributed by atoms with Gasteiger partial charge in [-0.25, -0.2) is 0 Å². The smallest absolute Gasteiger partial charge is 0.398 e. The van der Waals surface area contributed by atoms with Crippen molar-refractivity contribution in [2.24, 2.45) is 34.5 Å². The van der Waals surface area contributed by atoms with Crippen molar-refractivity contribution in [3.63, 3.8) is 0 Å². The maximum atomic E-state index is 12.6. The molecule has 1 aromatic heterocycles. The predicted molar refractivity (Wildman–Crippen MR) is 131 cm³/mol. The summed E-state index contributed by atoms with van der Waals surface area (Å²) in [5.41, 5.74) is 14.9. The minimum atomic E-state index is -4.56. The maximum absolute atomic E-state index is 12.6. The van der Waals surface area contributed by atoms with Crippen LogP contribution in [0.5, 0.6) is 0 Å². The maximum Gasteiger partial charge on any atom is 0.434 e. The molecule has 1 spiro atoms. The number of pyridine rings is 1. The molecule has 2 aliphatic heterocycles. The zero-order valence-corrected chi connectivity index (χ0v) is 19.8. The van der Waals surface area contributed by atoms with E-state index in [1.165, 1.54) is 56.4 Å². The molecule has 4 aliphatic rings. The minimum Gasteiger partial charge on any atom is -0.398 e. The van der Waals surface area contributed by atoms with Gasteiger partial charge in [0.2, 0.25) is 0 Å². The summed E-state index contributed by atoms with van der Waals surface area (Å²) >= 11 is 0. The van der Waals surface area contributed by atoms with Crippen LogP contribution in [0.1, 0.15) is 49.8 Å². The van der Waals surface area contributed by atoms with Crippen LogP contribution < -0.4 is 17.2 Å². The molecular formula is C24H32B2F3N5O. The molecule has 35 heavy (non-hydrogen) atoms. The van der Waals surface area contributed by atoms with Crippen LogP contribution in [0.15, 0.2) is 36.3 Å². The Bertz CT molecular complexity index is 964. The molecule has 5 rings (SSSR count). The molecule has 6 nitrogen and oxygen atoms in total. The summed E-state index contributed by atoms with van der Waals surface area (Å²) in [4.78, 5) is 5.58. The van der Waals surface area contributed by atoms with Gasteiger partial charge in [0.25, 0.3) is 0 Å². The Morgan fingerprint density at radius 1 is 1.11 bits per heavy atom. The van der Waals surface area contributed by atoms with Crippen molar-refractivity contribution >= 4 is 21.4 Å². The molecule has 2 aliphatic carbocycles. The number of halogens is 3. The van der Waals surface area contributed by atoms with Gasteiger partial charge in [-0.2, -0.15) is 13.2 Å². The lowest BCUT2D eigenvalue weighted by molar-refractivity contribution is -0.141. The molecule has 0 amide bonds. The van der Waals surface area contributed by atoms with E-state index in [4.69, 9.17) is 37.6 Å². The first-order valence-electron chi connectivity index (χ1n) is 12.1. The first-order valence-corrected chi connectivity index (χ1v) is 12.1. The third-order valence-corrected chi connectivity index (χ3v) is 7.80. The Morgan fingerprint density at radius 3 is 2.31 bits per heavy atom. The molecular weight excluding hydrogens is 453 g/mol. The van der Waals surface area contributed by atoms with E-state index >= 15 is 0 Å². The number of likely N-dealkylation sites (tertiary alicyclic amines) is 1. The van der Waals surface area contributed by atoms with Crippen LogP contribution >= 0.6 is 0 Å². The Labute approximate surface area is 207 Å². The average Bonchev–Trinajstić information content (AvgIpc) is 3.10. The second-order valence-corrected chi connectivity index (χ2v) is 10.4. The molecule has 11 heteroatoms. The number of aromatic nitrogens is 1. The first-order chi connectivity index (χ1) is 16.4. The molecule has 186 valence electrons. The van der Waals surface area contributed by atoms with Crippen LogP contribution in [0, 0.1) is 17.3 Å². The Balaban J connectivity index is 0.000000166. The molecule has 4 fully saturated rings. The molecule has 3 heterocycles. The van der Waals surface area contributed by atoms with Crippen LogP contribution in [0.2, 0.25) is 0 Å². The van der Waals surface area contributed by atoms with E-state index in [1.807, 2.05) is 0 Å². The lowest BCUT2D eigenvalue weighted by Gasteiger charge is -2.42. The lowest BCUT2D eigenvalue weighted by Crippen LogP contribution is -2.57. The number of hydrogen-bond donors (Lipinski definition) is 3. The van der Waals surface area contributed by atoms with E-state index in [0.717, 1.165) is 44.1 Å². The topological polar surface area (TPSA) is 103 Å². The van der Waals surface area contributed by atoms with Gasteiger partial charge in [0.15, 0.2) is 5.69 Å². The predicted octanol–water partition coefficient (Wildman–Crippen LogP) is 2.44. The zero-order valence-electron chi connectivity index (χ0n) is 19.8. The highest BCUT2D eigenvalue weighted by atomic mass is 19.4. The quantitative estimate of drug-likeness (QED) is 0.448. The Hall–Kier alpha value is -2.13. The van der Waals surface area contributed by atoms with Crippen molar-refractivity contribution in [1.29, 1.82) is 0 Å². The minimum absolute atomic E-state index is 0.0406. The molecule has 0 bridgehead atoms. The summed E-state index contributed by atoms with van der Waals surface area (Å²) in [5.74, 6) is 1.63. The van der Waals surface area contributed by atoms with Crippen LogP contribution in [-0.2, 0) is 10.9 Å².